The lowest BCUT2D eigenvalue weighted by Gasteiger charge is -2.26. The highest BCUT2D eigenvalue weighted by molar-refractivity contribution is 5.99. The summed E-state index contributed by atoms with van der Waals surface area (Å²) >= 11 is 0. The molecule has 182 valence electrons. The van der Waals surface area contributed by atoms with Gasteiger partial charge in [0.1, 0.15) is 12.1 Å². The Kier molecular flexibility index (Phi) is 10.4. The first-order valence-electron chi connectivity index (χ1n) is 10.6. The second kappa shape index (κ2) is 12.5. The average Bonchev–Trinajstić information content (AvgIpc) is 2.74. The van der Waals surface area contributed by atoms with E-state index in [4.69, 9.17) is 4.74 Å². The van der Waals surface area contributed by atoms with Crippen molar-refractivity contribution < 1.29 is 29.0 Å². The first-order valence-corrected chi connectivity index (χ1v) is 10.6. The van der Waals surface area contributed by atoms with Gasteiger partial charge in [0.2, 0.25) is 5.91 Å². The van der Waals surface area contributed by atoms with E-state index in [0.717, 1.165) is 24.6 Å². The van der Waals surface area contributed by atoms with E-state index in [1.807, 2.05) is 6.92 Å². The number of carbonyl (C=O) groups is 3. The molecule has 0 unspecified atom stereocenters. The number of unbranched alkanes of at least 4 members (excludes halogenated alkanes) is 1. The summed E-state index contributed by atoms with van der Waals surface area (Å²) < 4.78 is 5.20. The molecule has 2 N–H and O–H groups in total. The number of amides is 2. The summed E-state index contributed by atoms with van der Waals surface area (Å²) in [4.78, 5) is 58.4. The average molecular weight is 466 g/mol. The van der Waals surface area contributed by atoms with Gasteiger partial charge in [-0.05, 0) is 18.3 Å². The van der Waals surface area contributed by atoms with Crippen LogP contribution in [0.3, 0.4) is 0 Å². The van der Waals surface area contributed by atoms with Crippen LogP contribution in [0.15, 0.2) is 18.2 Å². The summed E-state index contributed by atoms with van der Waals surface area (Å²) in [6.07, 6.45) is 1.52. The molecule has 33 heavy (non-hydrogen) atoms. The topological polar surface area (TPSA) is 171 Å². The summed E-state index contributed by atoms with van der Waals surface area (Å²) in [5, 5.41) is 27.2. The Morgan fingerprint density at radius 3 is 1.85 bits per heavy atom. The quantitative estimate of drug-likeness (QED) is 0.205. The summed E-state index contributed by atoms with van der Waals surface area (Å²) in [5.41, 5.74) is -1.60. The van der Waals surface area contributed by atoms with Crippen LogP contribution >= 0.6 is 0 Å². The van der Waals surface area contributed by atoms with Gasteiger partial charge in [-0.25, -0.2) is 4.79 Å². The Labute approximate surface area is 191 Å². The van der Waals surface area contributed by atoms with Gasteiger partial charge >= 0.3 is 5.97 Å². The van der Waals surface area contributed by atoms with Crippen LogP contribution in [-0.2, 0) is 14.3 Å². The monoisotopic (exact) mass is 466 g/mol. The van der Waals surface area contributed by atoms with Crippen molar-refractivity contribution in [3.63, 3.8) is 0 Å². The zero-order chi connectivity index (χ0) is 25.3. The number of nitrogens with zero attached hydrogens (tertiary/aromatic N) is 2. The van der Waals surface area contributed by atoms with Crippen molar-refractivity contribution in [1.29, 1.82) is 0 Å². The van der Waals surface area contributed by atoms with E-state index in [9.17, 15) is 34.6 Å². The molecular weight excluding hydrogens is 436 g/mol. The zero-order valence-corrected chi connectivity index (χ0v) is 19.3. The fourth-order valence-electron chi connectivity index (χ4n) is 2.84. The van der Waals surface area contributed by atoms with Crippen molar-refractivity contribution in [3.8, 4) is 0 Å². The summed E-state index contributed by atoms with van der Waals surface area (Å²) in [6.45, 7) is 8.95. The number of nitro groups is 2. The third kappa shape index (κ3) is 8.13. The van der Waals surface area contributed by atoms with E-state index in [1.165, 1.54) is 0 Å². The number of hydrogen-bond acceptors (Lipinski definition) is 8. The number of non-ortho nitro benzene ring substituents is 2. The Hall–Kier alpha value is -3.57. The molecule has 0 aliphatic rings. The van der Waals surface area contributed by atoms with Crippen molar-refractivity contribution in [1.82, 2.24) is 10.6 Å². The highest BCUT2D eigenvalue weighted by Gasteiger charge is 2.32. The molecule has 2 amide bonds. The van der Waals surface area contributed by atoms with Gasteiger partial charge in [0, 0.05) is 12.1 Å². The molecule has 2 atom stereocenters. The maximum Gasteiger partial charge on any atom is 0.328 e. The van der Waals surface area contributed by atoms with Gasteiger partial charge in [0.15, 0.2) is 0 Å². The summed E-state index contributed by atoms with van der Waals surface area (Å²) in [5.74, 6) is -2.85. The van der Waals surface area contributed by atoms with Gasteiger partial charge in [-0.2, -0.15) is 0 Å². The molecule has 0 aromatic heterocycles. The van der Waals surface area contributed by atoms with Crippen molar-refractivity contribution in [2.45, 2.75) is 59.5 Å². The number of nitrogens with one attached hydrogen (secondary N) is 2. The molecule has 1 rings (SSSR count). The molecule has 12 nitrogen and oxygen atoms in total. The Balaban J connectivity index is 3.08. The second-order valence-electron chi connectivity index (χ2n) is 8.20. The molecule has 0 fully saturated rings. The van der Waals surface area contributed by atoms with Gasteiger partial charge in [-0.15, -0.1) is 0 Å². The molecule has 0 spiro atoms. The minimum atomic E-state index is -1.11. The summed E-state index contributed by atoms with van der Waals surface area (Å²) in [7, 11) is 0. The number of esters is 1. The van der Waals surface area contributed by atoms with Gasteiger partial charge < -0.3 is 15.4 Å². The van der Waals surface area contributed by atoms with Crippen molar-refractivity contribution >= 4 is 29.2 Å². The molecule has 0 saturated carbocycles. The number of ether oxygens (including phenoxy) is 1. The highest BCUT2D eigenvalue weighted by atomic mass is 16.6. The molecule has 0 bridgehead atoms. The molecule has 0 radical (unpaired) electrons. The fourth-order valence-corrected chi connectivity index (χ4v) is 2.84. The van der Waals surface area contributed by atoms with Crippen LogP contribution in [0.4, 0.5) is 11.4 Å². The molecule has 1 aromatic carbocycles. The number of nitro benzene ring substituents is 2. The molecule has 0 saturated heterocycles. The van der Waals surface area contributed by atoms with Gasteiger partial charge in [0.25, 0.3) is 17.3 Å². The molecule has 0 heterocycles. The highest BCUT2D eigenvalue weighted by Crippen LogP contribution is 2.23. The van der Waals surface area contributed by atoms with Crippen molar-refractivity contribution in [2.75, 3.05) is 6.61 Å². The maximum absolute atomic E-state index is 12.9. The lowest BCUT2D eigenvalue weighted by Crippen LogP contribution is -2.55. The van der Waals surface area contributed by atoms with E-state index < -0.39 is 57.0 Å². The number of hydrogen-bond donors (Lipinski definition) is 2. The van der Waals surface area contributed by atoms with Crippen LogP contribution in [0.5, 0.6) is 0 Å². The summed E-state index contributed by atoms with van der Waals surface area (Å²) in [6, 6.07) is 0.465. The van der Waals surface area contributed by atoms with E-state index in [2.05, 4.69) is 10.6 Å². The molecule has 0 aliphatic heterocycles. The Morgan fingerprint density at radius 2 is 1.42 bits per heavy atom. The van der Waals surface area contributed by atoms with Crippen LogP contribution in [0, 0.1) is 32.1 Å². The number of carbonyl (C=O) groups excluding carboxylic acids is 3. The molecule has 12 heteroatoms. The van der Waals surface area contributed by atoms with E-state index in [1.54, 1.807) is 27.7 Å². The van der Waals surface area contributed by atoms with Gasteiger partial charge in [0.05, 0.1) is 28.1 Å². The minimum absolute atomic E-state index is 0.227. The molecule has 1 aromatic rings. The van der Waals surface area contributed by atoms with E-state index in [0.29, 0.717) is 6.42 Å². The predicted molar refractivity (Wildman–Crippen MR) is 118 cm³/mol. The van der Waals surface area contributed by atoms with Crippen LogP contribution in [-0.4, -0.2) is 46.3 Å². The van der Waals surface area contributed by atoms with Crippen molar-refractivity contribution in [2.24, 2.45) is 11.8 Å². The largest absolute Gasteiger partial charge is 0.464 e. The third-order valence-electron chi connectivity index (χ3n) is 4.78. The van der Waals surface area contributed by atoms with Gasteiger partial charge in [-0.3, -0.25) is 29.8 Å². The fraction of sp³-hybridized carbons (Fsp3) is 0.571. The standard InChI is InChI=1S/C21H30N4O8/c1-6-7-8-33-21(28)18(13(4)5)23-20(27)17(12(2)3)22-19(26)14-9-15(24(29)30)11-16(10-14)25(31)32/h9-13,17-18H,6-8H2,1-5H3,(H,22,26)(H,23,27)/t17-,18-/m0/s1. The van der Waals surface area contributed by atoms with Crippen LogP contribution in [0.25, 0.3) is 0 Å². The molecular formula is C21H30N4O8. The Bertz CT molecular complexity index is 868. The first-order chi connectivity index (χ1) is 15.4. The maximum atomic E-state index is 12.9. The second-order valence-corrected chi connectivity index (χ2v) is 8.20. The normalized spacial score (nSPS) is 12.7. The minimum Gasteiger partial charge on any atom is -0.464 e. The van der Waals surface area contributed by atoms with Crippen LogP contribution in [0.2, 0.25) is 0 Å². The number of benzene rings is 1. The van der Waals surface area contributed by atoms with E-state index >= 15 is 0 Å². The van der Waals surface area contributed by atoms with Crippen LogP contribution < -0.4 is 10.6 Å². The lowest BCUT2D eigenvalue weighted by molar-refractivity contribution is -0.394. The molecule has 0 aliphatic carbocycles. The lowest BCUT2D eigenvalue weighted by atomic mass is 9.99. The van der Waals surface area contributed by atoms with Crippen molar-refractivity contribution in [3.05, 3.63) is 44.0 Å². The SMILES string of the molecule is CCCCOC(=O)[C@@H](NC(=O)[C@@H](NC(=O)c1cc([N+](=O)[O-])cc([N+](=O)[O-])c1)C(C)C)C(C)C. The van der Waals surface area contributed by atoms with E-state index in [-0.39, 0.29) is 18.1 Å². The Morgan fingerprint density at radius 1 is 0.909 bits per heavy atom. The third-order valence-corrected chi connectivity index (χ3v) is 4.78. The number of rotatable bonds is 12. The van der Waals surface area contributed by atoms with Crippen LogP contribution in [0.1, 0.15) is 57.8 Å². The predicted octanol–water partition coefficient (Wildman–Crippen LogP) is 2.74. The first kappa shape index (κ1) is 27.5. The smallest absolute Gasteiger partial charge is 0.328 e. The van der Waals surface area contributed by atoms with Gasteiger partial charge in [-0.1, -0.05) is 41.0 Å². The zero-order valence-electron chi connectivity index (χ0n) is 19.3.